The Morgan fingerprint density at radius 2 is 1.70 bits per heavy atom. The van der Waals surface area contributed by atoms with Gasteiger partial charge in [-0.2, -0.15) is 4.31 Å². The van der Waals surface area contributed by atoms with E-state index in [2.05, 4.69) is 10.6 Å². The van der Waals surface area contributed by atoms with Crippen LogP contribution in [-0.4, -0.2) is 74.7 Å². The molecule has 1 heterocycles. The van der Waals surface area contributed by atoms with Crippen LogP contribution < -0.4 is 10.6 Å². The van der Waals surface area contributed by atoms with Crippen LogP contribution in [0.3, 0.4) is 0 Å². The number of piperazine rings is 1. The molecule has 8 nitrogen and oxygen atoms in total. The second kappa shape index (κ2) is 9.29. The Kier molecular flexibility index (Phi) is 7.34. The third kappa shape index (κ3) is 5.75. The van der Waals surface area contributed by atoms with Crippen molar-refractivity contribution in [2.24, 2.45) is 0 Å². The molecule has 1 atom stereocenters. The number of aryl methyl sites for hydroxylation is 1. The highest BCUT2D eigenvalue weighted by Crippen LogP contribution is 2.18. The van der Waals surface area contributed by atoms with E-state index in [9.17, 15) is 18.0 Å². The van der Waals surface area contributed by atoms with Crippen molar-refractivity contribution >= 4 is 21.8 Å². The first-order valence-corrected chi connectivity index (χ1v) is 10.5. The van der Waals surface area contributed by atoms with Crippen molar-refractivity contribution in [3.8, 4) is 0 Å². The van der Waals surface area contributed by atoms with Gasteiger partial charge < -0.3 is 10.6 Å². The van der Waals surface area contributed by atoms with Crippen LogP contribution in [0.4, 0.5) is 0 Å². The molecule has 9 heteroatoms. The Bertz CT molecular complexity index is 756. The van der Waals surface area contributed by atoms with Gasteiger partial charge in [0.05, 0.1) is 11.4 Å². The molecule has 0 unspecified atom stereocenters. The number of nitrogens with one attached hydrogen (secondary N) is 2. The maximum atomic E-state index is 12.7. The van der Waals surface area contributed by atoms with Gasteiger partial charge in [0.2, 0.25) is 21.8 Å². The van der Waals surface area contributed by atoms with Crippen molar-refractivity contribution in [2.45, 2.75) is 31.7 Å². The van der Waals surface area contributed by atoms with Crippen molar-refractivity contribution in [3.63, 3.8) is 0 Å². The smallest absolute Gasteiger partial charge is 0.243 e. The third-order valence-electron chi connectivity index (χ3n) is 4.48. The van der Waals surface area contributed by atoms with E-state index in [0.717, 1.165) is 5.56 Å². The Balaban J connectivity index is 1.85. The summed E-state index contributed by atoms with van der Waals surface area (Å²) >= 11 is 0. The molecule has 27 heavy (non-hydrogen) atoms. The molecule has 1 aromatic rings. The fourth-order valence-electron chi connectivity index (χ4n) is 2.87. The number of hydrogen-bond acceptors (Lipinski definition) is 5. The summed E-state index contributed by atoms with van der Waals surface area (Å²) in [7, 11) is -3.51. The predicted octanol–water partition coefficient (Wildman–Crippen LogP) is -0.0579. The third-order valence-corrected chi connectivity index (χ3v) is 6.39. The first-order valence-electron chi connectivity index (χ1n) is 9.10. The summed E-state index contributed by atoms with van der Waals surface area (Å²) in [6.07, 6.45) is 0. The molecule has 0 saturated carbocycles. The van der Waals surface area contributed by atoms with E-state index in [1.165, 1.54) is 4.31 Å². The van der Waals surface area contributed by atoms with Gasteiger partial charge in [0.1, 0.15) is 6.04 Å². The van der Waals surface area contributed by atoms with Crippen molar-refractivity contribution in [1.82, 2.24) is 19.8 Å². The number of hydrogen-bond donors (Lipinski definition) is 2. The number of carbonyl (C=O) groups excluding carboxylic acids is 2. The van der Waals surface area contributed by atoms with Gasteiger partial charge in [0.15, 0.2) is 0 Å². The van der Waals surface area contributed by atoms with Crippen LogP contribution in [0.15, 0.2) is 29.2 Å². The average Bonchev–Trinajstić information content (AvgIpc) is 2.62. The molecule has 0 aliphatic carbocycles. The van der Waals surface area contributed by atoms with Gasteiger partial charge in [-0.3, -0.25) is 14.5 Å². The van der Waals surface area contributed by atoms with E-state index in [-0.39, 0.29) is 23.3 Å². The first kappa shape index (κ1) is 21.3. The lowest BCUT2D eigenvalue weighted by molar-refractivity contribution is -0.129. The highest BCUT2D eigenvalue weighted by molar-refractivity contribution is 7.89. The maximum absolute atomic E-state index is 12.7. The molecule has 0 radical (unpaired) electrons. The highest BCUT2D eigenvalue weighted by Gasteiger charge is 2.29. The molecular weight excluding hydrogens is 368 g/mol. The summed E-state index contributed by atoms with van der Waals surface area (Å²) in [4.78, 5) is 25.9. The lowest BCUT2D eigenvalue weighted by Crippen LogP contribution is -2.53. The van der Waals surface area contributed by atoms with Gasteiger partial charge in [-0.05, 0) is 32.9 Å². The molecule has 1 aliphatic rings. The van der Waals surface area contributed by atoms with E-state index >= 15 is 0 Å². The van der Waals surface area contributed by atoms with E-state index in [4.69, 9.17) is 0 Å². The van der Waals surface area contributed by atoms with E-state index in [1.807, 2.05) is 18.7 Å². The van der Waals surface area contributed by atoms with Crippen LogP contribution >= 0.6 is 0 Å². The Hall–Kier alpha value is -1.97. The van der Waals surface area contributed by atoms with Crippen LogP contribution in [0, 0.1) is 6.92 Å². The lowest BCUT2D eigenvalue weighted by Gasteiger charge is -2.33. The molecule has 1 fully saturated rings. The quantitative estimate of drug-likeness (QED) is 0.673. The monoisotopic (exact) mass is 396 g/mol. The van der Waals surface area contributed by atoms with Crippen LogP contribution in [-0.2, 0) is 19.6 Å². The van der Waals surface area contributed by atoms with Gasteiger partial charge in [-0.25, -0.2) is 8.42 Å². The first-order chi connectivity index (χ1) is 12.7. The van der Waals surface area contributed by atoms with Crippen molar-refractivity contribution < 1.29 is 18.0 Å². The fourth-order valence-corrected chi connectivity index (χ4v) is 4.29. The van der Waals surface area contributed by atoms with E-state index in [0.29, 0.717) is 32.7 Å². The van der Waals surface area contributed by atoms with Gasteiger partial charge in [0, 0.05) is 32.7 Å². The van der Waals surface area contributed by atoms with Crippen LogP contribution in [0.5, 0.6) is 0 Å². The number of benzene rings is 1. The average molecular weight is 397 g/mol. The number of rotatable bonds is 7. The second-order valence-corrected chi connectivity index (χ2v) is 8.62. The number of nitrogens with zero attached hydrogens (tertiary/aromatic N) is 2. The van der Waals surface area contributed by atoms with Gasteiger partial charge in [-0.1, -0.05) is 17.7 Å². The van der Waals surface area contributed by atoms with Gasteiger partial charge >= 0.3 is 0 Å². The molecule has 1 aliphatic heterocycles. The topological polar surface area (TPSA) is 98.8 Å². The molecular formula is C18H28N4O4S. The van der Waals surface area contributed by atoms with Crippen LogP contribution in [0.1, 0.15) is 19.4 Å². The molecule has 0 bridgehead atoms. The lowest BCUT2D eigenvalue weighted by atomic mass is 10.2. The van der Waals surface area contributed by atoms with Crippen molar-refractivity contribution in [2.75, 3.05) is 39.3 Å². The number of sulfonamides is 1. The molecule has 2 N–H and O–H groups in total. The van der Waals surface area contributed by atoms with Crippen LogP contribution in [0.25, 0.3) is 0 Å². The molecule has 2 amide bonds. The zero-order valence-corrected chi connectivity index (χ0v) is 16.9. The molecule has 2 rings (SSSR count). The largest absolute Gasteiger partial charge is 0.355 e. The standard InChI is InChI=1S/C18H28N4O4S/c1-4-19-18(24)15(3)20-17(23)13-21-9-11-22(12-10-21)27(25,26)16-7-5-14(2)6-8-16/h5-8,15H,4,9-13H2,1-3H3,(H,19,24)(H,20,23)/t15-/m1/s1. The Morgan fingerprint density at radius 1 is 1.11 bits per heavy atom. The summed E-state index contributed by atoms with van der Waals surface area (Å²) in [5.41, 5.74) is 1.01. The van der Waals surface area contributed by atoms with Crippen molar-refractivity contribution in [3.05, 3.63) is 29.8 Å². The fraction of sp³-hybridized carbons (Fsp3) is 0.556. The SMILES string of the molecule is CCNC(=O)[C@@H](C)NC(=O)CN1CCN(S(=O)(=O)c2ccc(C)cc2)CC1. The molecule has 150 valence electrons. The number of amides is 2. The van der Waals surface area contributed by atoms with Gasteiger partial charge in [-0.15, -0.1) is 0 Å². The molecule has 1 saturated heterocycles. The minimum Gasteiger partial charge on any atom is -0.355 e. The normalized spacial score (nSPS) is 17.3. The van der Waals surface area contributed by atoms with E-state index in [1.54, 1.807) is 31.2 Å². The summed E-state index contributed by atoms with van der Waals surface area (Å²) in [6, 6.07) is 6.20. The summed E-state index contributed by atoms with van der Waals surface area (Å²) in [6.45, 7) is 7.60. The summed E-state index contributed by atoms with van der Waals surface area (Å²) in [5.74, 6) is -0.469. The predicted molar refractivity (Wildman–Crippen MR) is 103 cm³/mol. The zero-order chi connectivity index (χ0) is 20.0. The number of likely N-dealkylation sites (N-methyl/N-ethyl adjacent to an activating group) is 1. The molecule has 0 spiro atoms. The van der Waals surface area contributed by atoms with E-state index < -0.39 is 16.1 Å². The van der Waals surface area contributed by atoms with Gasteiger partial charge in [0.25, 0.3) is 0 Å². The number of carbonyl (C=O) groups is 2. The molecule has 0 aromatic heterocycles. The minimum atomic E-state index is -3.51. The second-order valence-electron chi connectivity index (χ2n) is 6.68. The summed E-state index contributed by atoms with van der Waals surface area (Å²) in [5, 5.41) is 5.31. The zero-order valence-electron chi connectivity index (χ0n) is 16.1. The highest BCUT2D eigenvalue weighted by atomic mass is 32.2. The minimum absolute atomic E-state index is 0.141. The summed E-state index contributed by atoms with van der Waals surface area (Å²) < 4.78 is 26.8. The van der Waals surface area contributed by atoms with Crippen LogP contribution in [0.2, 0.25) is 0 Å². The molecule has 1 aromatic carbocycles. The maximum Gasteiger partial charge on any atom is 0.243 e. The van der Waals surface area contributed by atoms with Crippen molar-refractivity contribution in [1.29, 1.82) is 0 Å². The Morgan fingerprint density at radius 3 is 2.26 bits per heavy atom. The Labute approximate surface area is 161 Å².